The molecule has 4 rings (SSSR count). The molecule has 0 spiro atoms. The Morgan fingerprint density at radius 2 is 2.06 bits per heavy atom. The van der Waals surface area contributed by atoms with Crippen molar-refractivity contribution in [3.63, 3.8) is 0 Å². The number of hydrogen-bond acceptors (Lipinski definition) is 7. The van der Waals surface area contributed by atoms with Gasteiger partial charge in [0.1, 0.15) is 30.0 Å². The molecule has 1 unspecified atom stereocenters. The predicted octanol–water partition coefficient (Wildman–Crippen LogP) is 3.26. The van der Waals surface area contributed by atoms with Crippen molar-refractivity contribution in [1.82, 2.24) is 25.3 Å². The number of nitrogens with one attached hydrogen (secondary N) is 2. The Kier molecular flexibility index (Phi) is 7.34. The molecule has 8 heteroatoms. The summed E-state index contributed by atoms with van der Waals surface area (Å²) in [7, 11) is 3.92. The number of aromatic amines is 1. The average molecular weight is 437 g/mol. The molecule has 2 heterocycles. The molecule has 1 aliphatic rings. The average Bonchev–Trinajstić information content (AvgIpc) is 3.38. The fourth-order valence-electron chi connectivity index (χ4n) is 4.14. The summed E-state index contributed by atoms with van der Waals surface area (Å²) in [5.41, 5.74) is 1.62. The standard InChI is InChI=1S/C24H32N6O2/c1-25-15-19(31)16-32-20-10-6-7-17(13-20)23-28-21(24-26-11-12-27-24)14-22(29-23)30(2)18-8-4-3-5-9-18/h6-7,10-14,18-19,25,31H,3-5,8-9,15-16H2,1-2H3,(H,26,27). The molecule has 0 radical (unpaired) electrons. The predicted molar refractivity (Wildman–Crippen MR) is 126 cm³/mol. The van der Waals surface area contributed by atoms with Crippen molar-refractivity contribution in [2.75, 3.05) is 32.1 Å². The highest BCUT2D eigenvalue weighted by Gasteiger charge is 2.21. The minimum absolute atomic E-state index is 0.216. The first-order valence-corrected chi connectivity index (χ1v) is 11.3. The summed E-state index contributed by atoms with van der Waals surface area (Å²) in [6.07, 6.45) is 9.16. The number of anilines is 1. The lowest BCUT2D eigenvalue weighted by atomic mass is 9.94. The molecule has 0 amide bonds. The van der Waals surface area contributed by atoms with Gasteiger partial charge in [-0.3, -0.25) is 0 Å². The number of aliphatic hydroxyl groups is 1. The number of ether oxygens (including phenoxy) is 1. The third-order valence-corrected chi connectivity index (χ3v) is 5.91. The Morgan fingerprint density at radius 3 is 2.81 bits per heavy atom. The molecule has 8 nitrogen and oxygen atoms in total. The van der Waals surface area contributed by atoms with E-state index in [4.69, 9.17) is 14.7 Å². The van der Waals surface area contributed by atoms with E-state index in [0.717, 1.165) is 22.9 Å². The van der Waals surface area contributed by atoms with Crippen LogP contribution < -0.4 is 15.0 Å². The summed E-state index contributed by atoms with van der Waals surface area (Å²) in [5, 5.41) is 12.9. The summed E-state index contributed by atoms with van der Waals surface area (Å²) in [6, 6.07) is 10.2. The molecule has 170 valence electrons. The van der Waals surface area contributed by atoms with Crippen molar-refractivity contribution in [3.8, 4) is 28.7 Å². The molecule has 1 fully saturated rings. The first-order chi connectivity index (χ1) is 15.6. The number of imidazole rings is 1. The molecule has 1 saturated carbocycles. The number of nitrogens with zero attached hydrogens (tertiary/aromatic N) is 4. The molecular formula is C24H32N6O2. The maximum absolute atomic E-state index is 9.93. The van der Waals surface area contributed by atoms with Gasteiger partial charge in [0.05, 0.1) is 0 Å². The zero-order valence-corrected chi connectivity index (χ0v) is 18.8. The quantitative estimate of drug-likeness (QED) is 0.473. The van der Waals surface area contributed by atoms with Crippen LogP contribution in [0.4, 0.5) is 5.82 Å². The van der Waals surface area contributed by atoms with Gasteiger partial charge in [-0.25, -0.2) is 15.0 Å². The van der Waals surface area contributed by atoms with E-state index in [1.807, 2.05) is 30.3 Å². The summed E-state index contributed by atoms with van der Waals surface area (Å²) in [6.45, 7) is 0.693. The molecule has 0 saturated heterocycles. The van der Waals surface area contributed by atoms with E-state index in [1.54, 1.807) is 19.4 Å². The zero-order chi connectivity index (χ0) is 22.3. The number of likely N-dealkylation sites (N-methyl/N-ethyl adjacent to an activating group) is 1. The van der Waals surface area contributed by atoms with Crippen LogP contribution in [-0.4, -0.2) is 64.4 Å². The van der Waals surface area contributed by atoms with E-state index in [1.165, 1.54) is 32.1 Å². The van der Waals surface area contributed by atoms with Gasteiger partial charge in [-0.05, 0) is 32.0 Å². The number of aliphatic hydroxyl groups excluding tert-OH is 1. The molecular weight excluding hydrogens is 404 g/mol. The molecule has 2 aromatic heterocycles. The fraction of sp³-hybridized carbons (Fsp3) is 0.458. The van der Waals surface area contributed by atoms with Gasteiger partial charge in [-0.2, -0.15) is 0 Å². The van der Waals surface area contributed by atoms with Gasteiger partial charge in [-0.15, -0.1) is 0 Å². The van der Waals surface area contributed by atoms with Crippen molar-refractivity contribution in [1.29, 1.82) is 0 Å². The SMILES string of the molecule is CNCC(O)COc1cccc(-c2nc(-c3ncc[nH]3)cc(N(C)C3CCCCC3)n2)c1. The Labute approximate surface area is 189 Å². The minimum Gasteiger partial charge on any atom is -0.491 e. The fourth-order valence-corrected chi connectivity index (χ4v) is 4.14. The normalized spacial score (nSPS) is 15.5. The van der Waals surface area contributed by atoms with Crippen LogP contribution in [0.5, 0.6) is 5.75 Å². The molecule has 1 atom stereocenters. The lowest BCUT2D eigenvalue weighted by Crippen LogP contribution is -2.34. The third-order valence-electron chi connectivity index (χ3n) is 5.91. The van der Waals surface area contributed by atoms with Gasteiger partial charge in [0.2, 0.25) is 0 Å². The topological polar surface area (TPSA) is 99.2 Å². The number of H-pyrrole nitrogens is 1. The molecule has 0 aliphatic heterocycles. The van der Waals surface area contributed by atoms with Gasteiger partial charge in [0, 0.05) is 43.7 Å². The first-order valence-electron chi connectivity index (χ1n) is 11.3. The van der Waals surface area contributed by atoms with Crippen LogP contribution in [-0.2, 0) is 0 Å². The largest absolute Gasteiger partial charge is 0.491 e. The molecule has 3 N–H and O–H groups in total. The Bertz CT molecular complexity index is 988. The summed E-state index contributed by atoms with van der Waals surface area (Å²) >= 11 is 0. The number of hydrogen-bond donors (Lipinski definition) is 3. The summed E-state index contributed by atoms with van der Waals surface area (Å²) in [4.78, 5) is 19.5. The van der Waals surface area contributed by atoms with Crippen LogP contribution in [0.25, 0.3) is 22.9 Å². The molecule has 3 aromatic rings. The summed E-state index contributed by atoms with van der Waals surface area (Å²) in [5.74, 6) is 2.91. The number of benzene rings is 1. The van der Waals surface area contributed by atoms with Crippen LogP contribution in [0.3, 0.4) is 0 Å². The van der Waals surface area contributed by atoms with E-state index in [-0.39, 0.29) is 6.61 Å². The smallest absolute Gasteiger partial charge is 0.162 e. The second-order valence-corrected chi connectivity index (χ2v) is 8.33. The second kappa shape index (κ2) is 10.6. The van der Waals surface area contributed by atoms with E-state index in [9.17, 15) is 5.11 Å². The van der Waals surface area contributed by atoms with Gasteiger partial charge >= 0.3 is 0 Å². The zero-order valence-electron chi connectivity index (χ0n) is 18.8. The van der Waals surface area contributed by atoms with Crippen LogP contribution in [0.15, 0.2) is 42.7 Å². The van der Waals surface area contributed by atoms with E-state index < -0.39 is 6.10 Å². The van der Waals surface area contributed by atoms with Gasteiger partial charge in [0.15, 0.2) is 11.6 Å². The van der Waals surface area contributed by atoms with E-state index in [0.29, 0.717) is 24.2 Å². The Morgan fingerprint density at radius 1 is 1.22 bits per heavy atom. The molecule has 1 aliphatic carbocycles. The maximum Gasteiger partial charge on any atom is 0.162 e. The van der Waals surface area contributed by atoms with Crippen molar-refractivity contribution in [2.24, 2.45) is 0 Å². The summed E-state index contributed by atoms with van der Waals surface area (Å²) < 4.78 is 5.78. The van der Waals surface area contributed by atoms with Crippen molar-refractivity contribution >= 4 is 5.82 Å². The second-order valence-electron chi connectivity index (χ2n) is 8.33. The molecule has 32 heavy (non-hydrogen) atoms. The highest BCUT2D eigenvalue weighted by atomic mass is 16.5. The van der Waals surface area contributed by atoms with Crippen molar-refractivity contribution in [3.05, 3.63) is 42.7 Å². The van der Waals surface area contributed by atoms with Gasteiger partial charge < -0.3 is 25.0 Å². The van der Waals surface area contributed by atoms with Crippen LogP contribution in [0.2, 0.25) is 0 Å². The van der Waals surface area contributed by atoms with Crippen molar-refractivity contribution in [2.45, 2.75) is 44.2 Å². The minimum atomic E-state index is -0.571. The highest BCUT2D eigenvalue weighted by Crippen LogP contribution is 2.30. The van der Waals surface area contributed by atoms with Gasteiger partial charge in [-0.1, -0.05) is 31.4 Å². The lowest BCUT2D eigenvalue weighted by molar-refractivity contribution is 0.108. The number of aromatic nitrogens is 4. The first kappa shape index (κ1) is 22.2. The maximum atomic E-state index is 9.93. The lowest BCUT2D eigenvalue weighted by Gasteiger charge is -2.32. The number of rotatable bonds is 9. The molecule has 0 bridgehead atoms. The van der Waals surface area contributed by atoms with E-state index >= 15 is 0 Å². The van der Waals surface area contributed by atoms with Crippen LogP contribution in [0.1, 0.15) is 32.1 Å². The molecule has 1 aromatic carbocycles. The van der Waals surface area contributed by atoms with Gasteiger partial charge in [0.25, 0.3) is 0 Å². The monoisotopic (exact) mass is 436 g/mol. The Hall–Kier alpha value is -2.97. The third kappa shape index (κ3) is 5.44. The van der Waals surface area contributed by atoms with E-state index in [2.05, 4.69) is 27.2 Å². The van der Waals surface area contributed by atoms with Crippen LogP contribution >= 0.6 is 0 Å². The Balaban J connectivity index is 1.64. The van der Waals surface area contributed by atoms with Crippen LogP contribution in [0, 0.1) is 0 Å². The van der Waals surface area contributed by atoms with Crippen molar-refractivity contribution < 1.29 is 9.84 Å². The highest BCUT2D eigenvalue weighted by molar-refractivity contribution is 5.65.